The summed E-state index contributed by atoms with van der Waals surface area (Å²) in [7, 11) is 0. The number of thiophene rings is 1. The number of amides is 1. The topological polar surface area (TPSA) is 83.9 Å². The molecule has 7 heteroatoms. The van der Waals surface area contributed by atoms with Crippen LogP contribution in [0.3, 0.4) is 0 Å². The smallest absolute Gasteiger partial charge is 0.306 e. The zero-order valence-corrected chi connectivity index (χ0v) is 14.2. The molecule has 130 valence electrons. The minimum Gasteiger partial charge on any atom is -0.481 e. The summed E-state index contributed by atoms with van der Waals surface area (Å²) in [6.07, 6.45) is -0.685. The number of rotatable bonds is 5. The number of morpholine rings is 1. The first-order valence-corrected chi connectivity index (χ1v) is 8.74. The average Bonchev–Trinajstić information content (AvgIpc) is 3.15. The minimum atomic E-state index is -0.965. The Morgan fingerprint density at radius 2 is 1.92 bits per heavy atom. The van der Waals surface area contributed by atoms with Crippen LogP contribution in [0.15, 0.2) is 41.8 Å². The SMILES string of the molecule is O=C(O)C[C@H]1CN(C(=O)c2ccccc2C(=O)c2cccs2)CCO1. The van der Waals surface area contributed by atoms with Crippen LogP contribution < -0.4 is 0 Å². The van der Waals surface area contributed by atoms with Gasteiger partial charge in [0.1, 0.15) is 0 Å². The number of ether oxygens (including phenoxy) is 1. The fraction of sp³-hybridized carbons (Fsp3) is 0.278. The summed E-state index contributed by atoms with van der Waals surface area (Å²) in [6, 6.07) is 10.2. The molecule has 1 aromatic heterocycles. The van der Waals surface area contributed by atoms with E-state index in [-0.39, 0.29) is 31.3 Å². The number of ketones is 1. The molecule has 25 heavy (non-hydrogen) atoms. The van der Waals surface area contributed by atoms with E-state index in [4.69, 9.17) is 9.84 Å². The number of nitrogens with zero attached hydrogens (tertiary/aromatic N) is 1. The molecule has 0 saturated carbocycles. The van der Waals surface area contributed by atoms with E-state index in [1.54, 1.807) is 41.3 Å². The van der Waals surface area contributed by atoms with Crippen LogP contribution in [0.2, 0.25) is 0 Å². The Kier molecular flexibility index (Phi) is 5.25. The van der Waals surface area contributed by atoms with Gasteiger partial charge in [-0.15, -0.1) is 11.3 Å². The van der Waals surface area contributed by atoms with E-state index >= 15 is 0 Å². The monoisotopic (exact) mass is 359 g/mol. The van der Waals surface area contributed by atoms with Crippen molar-refractivity contribution < 1.29 is 24.2 Å². The third-order valence-electron chi connectivity index (χ3n) is 3.98. The Morgan fingerprint density at radius 1 is 1.16 bits per heavy atom. The van der Waals surface area contributed by atoms with Gasteiger partial charge in [-0.3, -0.25) is 14.4 Å². The highest BCUT2D eigenvalue weighted by Gasteiger charge is 2.28. The Bertz CT molecular complexity index is 787. The largest absolute Gasteiger partial charge is 0.481 e. The zero-order valence-electron chi connectivity index (χ0n) is 13.4. The van der Waals surface area contributed by atoms with Gasteiger partial charge in [0.05, 0.1) is 29.6 Å². The molecule has 1 atom stereocenters. The number of hydrogen-bond acceptors (Lipinski definition) is 5. The molecule has 2 heterocycles. The van der Waals surface area contributed by atoms with Crippen LogP contribution in [0.5, 0.6) is 0 Å². The molecule has 1 saturated heterocycles. The fourth-order valence-electron chi connectivity index (χ4n) is 2.80. The summed E-state index contributed by atoms with van der Waals surface area (Å²) < 4.78 is 5.40. The lowest BCUT2D eigenvalue weighted by Gasteiger charge is -2.32. The Balaban J connectivity index is 1.83. The van der Waals surface area contributed by atoms with Gasteiger partial charge in [-0.1, -0.05) is 24.3 Å². The van der Waals surface area contributed by atoms with Crippen LogP contribution in [0.25, 0.3) is 0 Å². The zero-order chi connectivity index (χ0) is 17.8. The van der Waals surface area contributed by atoms with E-state index in [0.29, 0.717) is 22.5 Å². The maximum Gasteiger partial charge on any atom is 0.306 e. The first-order valence-electron chi connectivity index (χ1n) is 7.86. The summed E-state index contributed by atoms with van der Waals surface area (Å²) in [5.41, 5.74) is 0.688. The van der Waals surface area contributed by atoms with Gasteiger partial charge in [-0.2, -0.15) is 0 Å². The molecule has 1 aromatic carbocycles. The standard InChI is InChI=1S/C18H17NO5S/c20-16(21)10-12-11-19(7-8-24-12)18(23)14-5-2-1-4-13(14)17(22)15-6-3-9-25-15/h1-6,9,12H,7-8,10-11H2,(H,20,21)/t12-/m0/s1. The summed E-state index contributed by atoms with van der Waals surface area (Å²) in [4.78, 5) is 38.6. The van der Waals surface area contributed by atoms with Crippen LogP contribution in [-0.2, 0) is 9.53 Å². The van der Waals surface area contributed by atoms with Crippen molar-refractivity contribution in [2.24, 2.45) is 0 Å². The van der Waals surface area contributed by atoms with Crippen LogP contribution >= 0.6 is 11.3 Å². The third kappa shape index (κ3) is 3.94. The number of carbonyl (C=O) groups excluding carboxylic acids is 2. The van der Waals surface area contributed by atoms with Crippen molar-refractivity contribution >= 4 is 29.0 Å². The van der Waals surface area contributed by atoms with Crippen LogP contribution in [0, 0.1) is 0 Å². The maximum atomic E-state index is 12.9. The van der Waals surface area contributed by atoms with Gasteiger partial charge in [-0.05, 0) is 17.5 Å². The van der Waals surface area contributed by atoms with Crippen molar-refractivity contribution in [1.29, 1.82) is 0 Å². The molecule has 6 nitrogen and oxygen atoms in total. The van der Waals surface area contributed by atoms with Crippen LogP contribution in [-0.4, -0.2) is 53.5 Å². The van der Waals surface area contributed by atoms with Gasteiger partial charge in [0.15, 0.2) is 0 Å². The molecular weight excluding hydrogens is 342 g/mol. The molecule has 0 aliphatic carbocycles. The molecule has 1 N–H and O–H groups in total. The predicted octanol–water partition coefficient (Wildman–Crippen LogP) is 2.29. The number of benzene rings is 1. The molecule has 0 radical (unpaired) electrons. The maximum absolute atomic E-state index is 12.9. The highest BCUT2D eigenvalue weighted by atomic mass is 32.1. The minimum absolute atomic E-state index is 0.153. The summed E-state index contributed by atoms with van der Waals surface area (Å²) in [5.74, 6) is -1.43. The van der Waals surface area contributed by atoms with Crippen molar-refractivity contribution in [2.45, 2.75) is 12.5 Å². The van der Waals surface area contributed by atoms with Crippen LogP contribution in [0.4, 0.5) is 0 Å². The average molecular weight is 359 g/mol. The lowest BCUT2D eigenvalue weighted by molar-refractivity contribution is -0.141. The molecule has 1 aliphatic rings. The van der Waals surface area contributed by atoms with Gasteiger partial charge in [0.25, 0.3) is 5.91 Å². The van der Waals surface area contributed by atoms with Crippen molar-refractivity contribution in [2.75, 3.05) is 19.7 Å². The normalized spacial score (nSPS) is 17.3. The lowest BCUT2D eigenvalue weighted by Crippen LogP contribution is -2.46. The predicted molar refractivity (Wildman–Crippen MR) is 92.1 cm³/mol. The second-order valence-corrected chi connectivity index (χ2v) is 6.64. The molecule has 3 rings (SSSR count). The Morgan fingerprint density at radius 3 is 2.60 bits per heavy atom. The number of carbonyl (C=O) groups is 3. The van der Waals surface area contributed by atoms with Gasteiger partial charge in [-0.25, -0.2) is 0 Å². The second-order valence-electron chi connectivity index (χ2n) is 5.69. The number of carboxylic acid groups (broad SMARTS) is 1. The molecule has 2 aromatic rings. The molecule has 1 aliphatic heterocycles. The molecular formula is C18H17NO5S. The van der Waals surface area contributed by atoms with Gasteiger partial charge in [0.2, 0.25) is 5.78 Å². The second kappa shape index (κ2) is 7.58. The van der Waals surface area contributed by atoms with E-state index in [9.17, 15) is 14.4 Å². The molecule has 1 fully saturated rings. The van der Waals surface area contributed by atoms with Crippen LogP contribution in [0.1, 0.15) is 32.0 Å². The van der Waals surface area contributed by atoms with E-state index < -0.39 is 12.1 Å². The highest BCUT2D eigenvalue weighted by Crippen LogP contribution is 2.21. The first-order chi connectivity index (χ1) is 12.1. The van der Waals surface area contributed by atoms with Gasteiger partial charge < -0.3 is 14.7 Å². The van der Waals surface area contributed by atoms with Crippen molar-refractivity contribution in [3.63, 3.8) is 0 Å². The Hall–Kier alpha value is -2.51. The number of hydrogen-bond donors (Lipinski definition) is 1. The molecule has 0 bridgehead atoms. The van der Waals surface area contributed by atoms with Crippen molar-refractivity contribution in [3.05, 3.63) is 57.8 Å². The molecule has 1 amide bonds. The van der Waals surface area contributed by atoms with Gasteiger partial charge in [0, 0.05) is 18.7 Å². The van der Waals surface area contributed by atoms with E-state index in [1.165, 1.54) is 11.3 Å². The van der Waals surface area contributed by atoms with Crippen molar-refractivity contribution in [3.8, 4) is 0 Å². The van der Waals surface area contributed by atoms with E-state index in [2.05, 4.69) is 0 Å². The lowest BCUT2D eigenvalue weighted by atomic mass is 10.0. The van der Waals surface area contributed by atoms with E-state index in [1.807, 2.05) is 5.38 Å². The number of carboxylic acids is 1. The third-order valence-corrected chi connectivity index (χ3v) is 4.84. The first kappa shape index (κ1) is 17.3. The fourth-order valence-corrected chi connectivity index (χ4v) is 3.48. The van der Waals surface area contributed by atoms with E-state index in [0.717, 1.165) is 0 Å². The van der Waals surface area contributed by atoms with Gasteiger partial charge >= 0.3 is 5.97 Å². The molecule has 0 spiro atoms. The summed E-state index contributed by atoms with van der Waals surface area (Å²) >= 11 is 1.33. The molecule has 0 unspecified atom stereocenters. The number of aliphatic carboxylic acids is 1. The quantitative estimate of drug-likeness (QED) is 0.828. The van der Waals surface area contributed by atoms with Crippen molar-refractivity contribution in [1.82, 2.24) is 4.90 Å². The highest BCUT2D eigenvalue weighted by molar-refractivity contribution is 7.12. The Labute approximate surface area is 148 Å². The summed E-state index contributed by atoms with van der Waals surface area (Å²) in [5, 5.41) is 10.7. The summed E-state index contributed by atoms with van der Waals surface area (Å²) in [6.45, 7) is 0.855.